The number of benzene rings is 2. The fourth-order valence-corrected chi connectivity index (χ4v) is 2.21. The van der Waals surface area contributed by atoms with Gasteiger partial charge in [0.2, 0.25) is 0 Å². The molecule has 0 aliphatic rings. The topological polar surface area (TPSA) is 75.6 Å². The summed E-state index contributed by atoms with van der Waals surface area (Å²) in [5, 5.41) is 9.07. The average Bonchev–Trinajstić information content (AvgIpc) is 2.43. The fraction of sp³-hybridized carbons (Fsp3) is 0.143. The number of carbonyl (C=O) groups excluding carboxylic acids is 1. The van der Waals surface area contributed by atoms with Gasteiger partial charge in [-0.1, -0.05) is 6.07 Å². The SMILES string of the molecule is COc1ccc2c(C(=O)NC(=O)O)c(F)ccc2c1C(F)(F)F. The van der Waals surface area contributed by atoms with E-state index < -0.39 is 46.3 Å². The van der Waals surface area contributed by atoms with Crippen LogP contribution in [0.25, 0.3) is 10.8 Å². The molecule has 2 N–H and O–H groups in total. The Kier molecular flexibility index (Phi) is 4.13. The highest BCUT2D eigenvalue weighted by atomic mass is 19.4. The normalized spacial score (nSPS) is 11.3. The summed E-state index contributed by atoms with van der Waals surface area (Å²) in [6.45, 7) is 0. The Balaban J connectivity index is 2.84. The van der Waals surface area contributed by atoms with Gasteiger partial charge in [0.05, 0.1) is 12.7 Å². The maximum absolute atomic E-state index is 13.9. The largest absolute Gasteiger partial charge is 0.496 e. The smallest absolute Gasteiger partial charge is 0.420 e. The third-order valence-corrected chi connectivity index (χ3v) is 3.06. The summed E-state index contributed by atoms with van der Waals surface area (Å²) >= 11 is 0. The van der Waals surface area contributed by atoms with Crippen molar-refractivity contribution in [1.29, 1.82) is 0 Å². The molecule has 9 heteroatoms. The van der Waals surface area contributed by atoms with Crippen LogP contribution in [-0.2, 0) is 6.18 Å². The molecule has 0 atom stereocenters. The molecule has 0 aliphatic carbocycles. The fourth-order valence-electron chi connectivity index (χ4n) is 2.21. The van der Waals surface area contributed by atoms with Crippen LogP contribution >= 0.6 is 0 Å². The number of amides is 2. The first-order valence-electron chi connectivity index (χ1n) is 6.07. The molecule has 0 saturated carbocycles. The van der Waals surface area contributed by atoms with Crippen LogP contribution in [-0.4, -0.2) is 24.2 Å². The molecule has 0 aliphatic heterocycles. The lowest BCUT2D eigenvalue weighted by Gasteiger charge is -2.16. The minimum absolute atomic E-state index is 0.378. The predicted molar refractivity (Wildman–Crippen MR) is 71.0 cm³/mol. The van der Waals surface area contributed by atoms with Crippen LogP contribution < -0.4 is 10.1 Å². The first-order chi connectivity index (χ1) is 10.7. The summed E-state index contributed by atoms with van der Waals surface area (Å²) in [6, 6.07) is 3.51. The van der Waals surface area contributed by atoms with E-state index in [4.69, 9.17) is 5.11 Å². The minimum atomic E-state index is -4.82. The molecule has 2 amide bonds. The standard InChI is InChI=1S/C14H9F4NO4/c1-23-9-5-3-6-7(11(9)14(16,17)18)2-4-8(15)10(6)12(20)19-13(21)22/h2-5H,1H3,(H,19,20)(H,21,22). The van der Waals surface area contributed by atoms with Crippen LogP contribution in [0.2, 0.25) is 0 Å². The summed E-state index contributed by atoms with van der Waals surface area (Å²) in [5.41, 5.74) is -1.97. The Hall–Kier alpha value is -2.84. The first kappa shape index (κ1) is 16.5. The van der Waals surface area contributed by atoms with E-state index in [9.17, 15) is 27.2 Å². The van der Waals surface area contributed by atoms with Gasteiger partial charge in [-0.05, 0) is 29.0 Å². The number of rotatable bonds is 2. The van der Waals surface area contributed by atoms with Crippen molar-refractivity contribution in [3.63, 3.8) is 0 Å². The van der Waals surface area contributed by atoms with E-state index in [-0.39, 0.29) is 5.39 Å². The summed E-state index contributed by atoms with van der Waals surface area (Å²) < 4.78 is 58.3. The Morgan fingerprint density at radius 2 is 1.74 bits per heavy atom. The zero-order chi connectivity index (χ0) is 17.4. The van der Waals surface area contributed by atoms with E-state index in [1.54, 1.807) is 0 Å². The molecule has 0 spiro atoms. The number of carboxylic acid groups (broad SMARTS) is 1. The van der Waals surface area contributed by atoms with Crippen LogP contribution in [0.15, 0.2) is 24.3 Å². The Morgan fingerprint density at radius 3 is 2.26 bits per heavy atom. The van der Waals surface area contributed by atoms with Crippen LogP contribution in [0, 0.1) is 5.82 Å². The van der Waals surface area contributed by atoms with Crippen molar-refractivity contribution < 1.29 is 37.0 Å². The van der Waals surface area contributed by atoms with E-state index in [2.05, 4.69) is 4.74 Å². The molecule has 0 bridgehead atoms. The van der Waals surface area contributed by atoms with E-state index >= 15 is 0 Å². The molecule has 5 nitrogen and oxygen atoms in total. The Labute approximate surface area is 126 Å². The van der Waals surface area contributed by atoms with Crippen molar-refractivity contribution in [1.82, 2.24) is 5.32 Å². The zero-order valence-electron chi connectivity index (χ0n) is 11.5. The molecule has 0 heterocycles. The summed E-state index contributed by atoms with van der Waals surface area (Å²) in [5.74, 6) is -3.00. The first-order valence-corrected chi connectivity index (χ1v) is 6.07. The van der Waals surface area contributed by atoms with Crippen molar-refractivity contribution in [2.45, 2.75) is 6.18 Å². The third kappa shape index (κ3) is 3.03. The number of fused-ring (bicyclic) bond motifs is 1. The highest BCUT2D eigenvalue weighted by Gasteiger charge is 2.37. The molecule has 2 aromatic rings. The maximum Gasteiger partial charge on any atom is 0.420 e. The number of carbonyl (C=O) groups is 2. The van der Waals surface area contributed by atoms with E-state index in [0.717, 1.165) is 25.3 Å². The molecule has 0 unspecified atom stereocenters. The monoisotopic (exact) mass is 331 g/mol. The van der Waals surface area contributed by atoms with Crippen LogP contribution in [0.5, 0.6) is 5.75 Å². The Morgan fingerprint density at radius 1 is 1.13 bits per heavy atom. The number of methoxy groups -OCH3 is 1. The van der Waals surface area contributed by atoms with Gasteiger partial charge in [-0.2, -0.15) is 13.2 Å². The molecule has 23 heavy (non-hydrogen) atoms. The van der Waals surface area contributed by atoms with Gasteiger partial charge in [0.1, 0.15) is 17.1 Å². The predicted octanol–water partition coefficient (Wildman–Crippen LogP) is 3.41. The Bertz CT molecular complexity index is 801. The zero-order valence-corrected chi connectivity index (χ0v) is 11.5. The molecular weight excluding hydrogens is 322 g/mol. The molecule has 2 aromatic carbocycles. The van der Waals surface area contributed by atoms with Crippen molar-refractivity contribution >= 4 is 22.8 Å². The lowest BCUT2D eigenvalue weighted by atomic mass is 9.98. The molecular formula is C14H9F4NO4. The number of imide groups is 1. The second-order valence-corrected chi connectivity index (χ2v) is 4.42. The lowest BCUT2D eigenvalue weighted by Crippen LogP contribution is -2.29. The van der Waals surface area contributed by atoms with E-state index in [0.29, 0.717) is 6.07 Å². The number of nitrogens with one attached hydrogen (secondary N) is 1. The molecule has 0 aromatic heterocycles. The number of alkyl halides is 3. The second-order valence-electron chi connectivity index (χ2n) is 4.42. The van der Waals surface area contributed by atoms with Gasteiger partial charge >= 0.3 is 12.3 Å². The average molecular weight is 331 g/mol. The summed E-state index contributed by atoms with van der Waals surface area (Å²) in [6.07, 6.45) is -6.57. The van der Waals surface area contributed by atoms with E-state index in [1.807, 2.05) is 0 Å². The highest BCUT2D eigenvalue weighted by molar-refractivity contribution is 6.12. The van der Waals surface area contributed by atoms with Crippen LogP contribution in [0.3, 0.4) is 0 Å². The second kappa shape index (κ2) is 5.75. The number of halogens is 4. The molecule has 0 radical (unpaired) electrons. The van der Waals surface area contributed by atoms with Crippen molar-refractivity contribution in [2.75, 3.05) is 7.11 Å². The van der Waals surface area contributed by atoms with Crippen molar-refractivity contribution in [2.24, 2.45) is 0 Å². The van der Waals surface area contributed by atoms with Gasteiger partial charge in [0.25, 0.3) is 5.91 Å². The molecule has 0 saturated heterocycles. The summed E-state index contributed by atoms with van der Waals surface area (Å²) in [4.78, 5) is 22.3. The van der Waals surface area contributed by atoms with E-state index in [1.165, 1.54) is 5.32 Å². The molecule has 122 valence electrons. The van der Waals surface area contributed by atoms with Crippen LogP contribution in [0.4, 0.5) is 22.4 Å². The quantitative estimate of drug-likeness (QED) is 0.827. The lowest BCUT2D eigenvalue weighted by molar-refractivity contribution is -0.137. The van der Waals surface area contributed by atoms with Gasteiger partial charge in [-0.3, -0.25) is 10.1 Å². The van der Waals surface area contributed by atoms with Gasteiger partial charge in [0.15, 0.2) is 0 Å². The van der Waals surface area contributed by atoms with Gasteiger partial charge in [-0.15, -0.1) is 0 Å². The molecule has 2 rings (SSSR count). The third-order valence-electron chi connectivity index (χ3n) is 3.06. The maximum atomic E-state index is 13.9. The molecule has 0 fully saturated rings. The van der Waals surface area contributed by atoms with Crippen molar-refractivity contribution in [3.8, 4) is 5.75 Å². The highest BCUT2D eigenvalue weighted by Crippen LogP contribution is 2.42. The number of ether oxygens (including phenoxy) is 1. The van der Waals surface area contributed by atoms with Crippen molar-refractivity contribution in [3.05, 3.63) is 41.2 Å². The summed E-state index contributed by atoms with van der Waals surface area (Å²) in [7, 11) is 1.04. The minimum Gasteiger partial charge on any atom is -0.496 e. The van der Waals surface area contributed by atoms with Gasteiger partial charge in [0, 0.05) is 0 Å². The van der Waals surface area contributed by atoms with Gasteiger partial charge in [-0.25, -0.2) is 9.18 Å². The van der Waals surface area contributed by atoms with Gasteiger partial charge < -0.3 is 9.84 Å². The number of hydrogen-bond donors (Lipinski definition) is 2. The number of hydrogen-bond acceptors (Lipinski definition) is 3. The van der Waals surface area contributed by atoms with Crippen LogP contribution in [0.1, 0.15) is 15.9 Å².